The largest absolute Gasteiger partial charge is 0.349 e. The molecule has 2 unspecified atom stereocenters. The van der Waals surface area contributed by atoms with Crippen molar-refractivity contribution >= 4 is 5.91 Å². The summed E-state index contributed by atoms with van der Waals surface area (Å²) in [5.41, 5.74) is 7.14. The van der Waals surface area contributed by atoms with Crippen molar-refractivity contribution < 1.29 is 4.79 Å². The predicted molar refractivity (Wildman–Crippen MR) is 66.6 cm³/mol. The highest BCUT2D eigenvalue weighted by Crippen LogP contribution is 2.24. The number of carbonyl (C=O) groups is 1. The third-order valence-electron chi connectivity index (χ3n) is 3.53. The summed E-state index contributed by atoms with van der Waals surface area (Å²) < 4.78 is 0. The lowest BCUT2D eigenvalue weighted by molar-refractivity contribution is 0.0927. The molecule has 0 saturated heterocycles. The Balaban J connectivity index is 2.04. The van der Waals surface area contributed by atoms with E-state index in [0.717, 1.165) is 25.0 Å². The summed E-state index contributed by atoms with van der Waals surface area (Å²) in [7, 11) is 0. The molecule has 92 valence electrons. The SMILES string of the molecule is Cc1ncccc1C(=O)NC1CCCC1CN. The molecule has 4 heteroatoms. The van der Waals surface area contributed by atoms with Crippen LogP contribution >= 0.6 is 0 Å². The van der Waals surface area contributed by atoms with E-state index in [4.69, 9.17) is 5.73 Å². The van der Waals surface area contributed by atoms with Gasteiger partial charge in [-0.05, 0) is 44.4 Å². The summed E-state index contributed by atoms with van der Waals surface area (Å²) in [5, 5.41) is 3.08. The van der Waals surface area contributed by atoms with Gasteiger partial charge in [0.05, 0.1) is 5.56 Å². The van der Waals surface area contributed by atoms with Crippen molar-refractivity contribution in [1.29, 1.82) is 0 Å². The zero-order valence-electron chi connectivity index (χ0n) is 10.1. The summed E-state index contributed by atoms with van der Waals surface area (Å²) in [6, 6.07) is 3.83. The number of nitrogens with two attached hydrogens (primary N) is 1. The highest BCUT2D eigenvalue weighted by Gasteiger charge is 2.27. The van der Waals surface area contributed by atoms with Gasteiger partial charge in [0.25, 0.3) is 5.91 Å². The smallest absolute Gasteiger partial charge is 0.253 e. The van der Waals surface area contributed by atoms with Gasteiger partial charge in [0.1, 0.15) is 0 Å². The Labute approximate surface area is 102 Å². The molecule has 2 atom stereocenters. The van der Waals surface area contributed by atoms with E-state index < -0.39 is 0 Å². The maximum Gasteiger partial charge on any atom is 0.253 e. The van der Waals surface area contributed by atoms with Crippen molar-refractivity contribution in [2.24, 2.45) is 11.7 Å². The first-order valence-corrected chi connectivity index (χ1v) is 6.15. The van der Waals surface area contributed by atoms with Gasteiger partial charge in [0.15, 0.2) is 0 Å². The number of amides is 1. The third kappa shape index (κ3) is 2.64. The number of nitrogens with one attached hydrogen (secondary N) is 1. The number of aryl methyl sites for hydroxylation is 1. The van der Waals surface area contributed by atoms with Crippen molar-refractivity contribution in [3.05, 3.63) is 29.6 Å². The molecule has 1 aliphatic rings. The average Bonchev–Trinajstić information content (AvgIpc) is 2.76. The number of hydrogen-bond acceptors (Lipinski definition) is 3. The van der Waals surface area contributed by atoms with Gasteiger partial charge in [-0.15, -0.1) is 0 Å². The fourth-order valence-corrected chi connectivity index (χ4v) is 2.48. The highest BCUT2D eigenvalue weighted by atomic mass is 16.1. The first-order valence-electron chi connectivity index (χ1n) is 6.15. The van der Waals surface area contributed by atoms with Gasteiger partial charge in [-0.1, -0.05) is 6.42 Å². The van der Waals surface area contributed by atoms with Crippen molar-refractivity contribution in [2.45, 2.75) is 32.2 Å². The second-order valence-corrected chi connectivity index (χ2v) is 4.64. The average molecular weight is 233 g/mol. The Morgan fingerprint density at radius 2 is 2.41 bits per heavy atom. The molecule has 4 nitrogen and oxygen atoms in total. The van der Waals surface area contributed by atoms with Crippen LogP contribution in [-0.2, 0) is 0 Å². The summed E-state index contributed by atoms with van der Waals surface area (Å²) >= 11 is 0. The van der Waals surface area contributed by atoms with E-state index in [-0.39, 0.29) is 11.9 Å². The quantitative estimate of drug-likeness (QED) is 0.825. The van der Waals surface area contributed by atoms with E-state index in [1.165, 1.54) is 0 Å². The maximum atomic E-state index is 12.1. The van der Waals surface area contributed by atoms with Crippen LogP contribution in [0, 0.1) is 12.8 Å². The number of hydrogen-bond donors (Lipinski definition) is 2. The normalized spacial score (nSPS) is 23.6. The summed E-state index contributed by atoms with van der Waals surface area (Å²) in [4.78, 5) is 16.2. The topological polar surface area (TPSA) is 68.0 Å². The van der Waals surface area contributed by atoms with Crippen LogP contribution in [0.15, 0.2) is 18.3 Å². The molecule has 1 aromatic rings. The number of rotatable bonds is 3. The van der Waals surface area contributed by atoms with Gasteiger partial charge in [-0.2, -0.15) is 0 Å². The zero-order chi connectivity index (χ0) is 12.3. The Morgan fingerprint density at radius 1 is 1.59 bits per heavy atom. The fourth-order valence-electron chi connectivity index (χ4n) is 2.48. The number of carbonyl (C=O) groups excluding carboxylic acids is 1. The molecule has 2 rings (SSSR count). The number of pyridine rings is 1. The molecule has 1 heterocycles. The van der Waals surface area contributed by atoms with Crippen molar-refractivity contribution in [1.82, 2.24) is 10.3 Å². The maximum absolute atomic E-state index is 12.1. The molecular formula is C13H19N3O. The van der Waals surface area contributed by atoms with Crippen LogP contribution in [0.4, 0.5) is 0 Å². The van der Waals surface area contributed by atoms with Crippen LogP contribution in [0.1, 0.15) is 35.3 Å². The van der Waals surface area contributed by atoms with Crippen LogP contribution in [0.2, 0.25) is 0 Å². The second-order valence-electron chi connectivity index (χ2n) is 4.64. The first-order chi connectivity index (χ1) is 8.22. The molecule has 0 aliphatic heterocycles. The summed E-state index contributed by atoms with van der Waals surface area (Å²) in [6.07, 6.45) is 5.00. The van der Waals surface area contributed by atoms with Gasteiger partial charge >= 0.3 is 0 Å². The molecule has 3 N–H and O–H groups in total. The second kappa shape index (κ2) is 5.27. The fraction of sp³-hybridized carbons (Fsp3) is 0.538. The Kier molecular flexibility index (Phi) is 3.74. The van der Waals surface area contributed by atoms with E-state index >= 15 is 0 Å². The molecule has 1 aromatic heterocycles. The first kappa shape index (κ1) is 12.0. The zero-order valence-corrected chi connectivity index (χ0v) is 10.1. The minimum Gasteiger partial charge on any atom is -0.349 e. The van der Waals surface area contributed by atoms with Gasteiger partial charge in [-0.3, -0.25) is 9.78 Å². The molecule has 1 fully saturated rings. The lowest BCUT2D eigenvalue weighted by Crippen LogP contribution is -2.40. The van der Waals surface area contributed by atoms with Gasteiger partial charge in [-0.25, -0.2) is 0 Å². The van der Waals surface area contributed by atoms with E-state index in [0.29, 0.717) is 18.0 Å². The minimum atomic E-state index is -0.0269. The van der Waals surface area contributed by atoms with E-state index in [1.54, 1.807) is 12.3 Å². The van der Waals surface area contributed by atoms with Crippen LogP contribution in [0.5, 0.6) is 0 Å². The molecule has 0 spiro atoms. The molecule has 1 amide bonds. The summed E-state index contributed by atoms with van der Waals surface area (Å²) in [6.45, 7) is 2.50. The van der Waals surface area contributed by atoms with Crippen molar-refractivity contribution in [3.63, 3.8) is 0 Å². The number of nitrogens with zero attached hydrogens (tertiary/aromatic N) is 1. The standard InChI is InChI=1S/C13H19N3O/c1-9-11(5-3-7-15-9)13(17)16-12-6-2-4-10(12)8-14/h3,5,7,10,12H,2,4,6,8,14H2,1H3,(H,16,17). The minimum absolute atomic E-state index is 0.0269. The molecule has 1 aliphatic carbocycles. The van der Waals surface area contributed by atoms with Crippen LogP contribution < -0.4 is 11.1 Å². The van der Waals surface area contributed by atoms with Gasteiger partial charge < -0.3 is 11.1 Å². The van der Waals surface area contributed by atoms with Gasteiger partial charge in [0.2, 0.25) is 0 Å². The molecule has 0 radical (unpaired) electrons. The molecule has 0 aromatic carbocycles. The van der Waals surface area contributed by atoms with Crippen LogP contribution in [-0.4, -0.2) is 23.5 Å². The lowest BCUT2D eigenvalue weighted by atomic mass is 10.0. The van der Waals surface area contributed by atoms with Crippen LogP contribution in [0.25, 0.3) is 0 Å². The van der Waals surface area contributed by atoms with E-state index in [9.17, 15) is 4.79 Å². The Hall–Kier alpha value is -1.42. The predicted octanol–water partition coefficient (Wildman–Crippen LogP) is 1.25. The molecule has 0 bridgehead atoms. The molecular weight excluding hydrogens is 214 g/mol. The Bertz CT molecular complexity index is 405. The van der Waals surface area contributed by atoms with Crippen LogP contribution in [0.3, 0.4) is 0 Å². The highest BCUT2D eigenvalue weighted by molar-refractivity contribution is 5.95. The number of aromatic nitrogens is 1. The third-order valence-corrected chi connectivity index (χ3v) is 3.53. The van der Waals surface area contributed by atoms with Crippen molar-refractivity contribution in [2.75, 3.05) is 6.54 Å². The monoisotopic (exact) mass is 233 g/mol. The molecule has 1 saturated carbocycles. The van der Waals surface area contributed by atoms with Gasteiger partial charge in [0, 0.05) is 17.9 Å². The lowest BCUT2D eigenvalue weighted by Gasteiger charge is -2.19. The van der Waals surface area contributed by atoms with E-state index in [2.05, 4.69) is 10.3 Å². The Morgan fingerprint density at radius 3 is 3.12 bits per heavy atom. The van der Waals surface area contributed by atoms with Crippen molar-refractivity contribution in [3.8, 4) is 0 Å². The summed E-state index contributed by atoms with van der Waals surface area (Å²) in [5.74, 6) is 0.400. The molecule has 17 heavy (non-hydrogen) atoms. The van der Waals surface area contributed by atoms with E-state index in [1.807, 2.05) is 13.0 Å².